The molecule has 0 radical (unpaired) electrons. The summed E-state index contributed by atoms with van der Waals surface area (Å²) in [4.78, 5) is 11.6. The molecule has 0 bridgehead atoms. The third-order valence-corrected chi connectivity index (χ3v) is 3.70. The van der Waals surface area contributed by atoms with Crippen LogP contribution in [0.3, 0.4) is 0 Å². The highest BCUT2D eigenvalue weighted by atomic mass is 32.2. The van der Waals surface area contributed by atoms with Crippen molar-refractivity contribution in [2.75, 3.05) is 16.8 Å². The molecule has 2 nitrogen and oxygen atoms in total. The van der Waals surface area contributed by atoms with Gasteiger partial charge in [0.15, 0.2) is 0 Å². The minimum absolute atomic E-state index is 0.0832. The first kappa shape index (κ1) is 14.1. The molecule has 0 unspecified atom stereocenters. The first-order valence-corrected chi connectivity index (χ1v) is 7.23. The standard InChI is InChI=1S/C14H21NOS/c1-4-12-5-7-13(8-6-12)15-14(16)10-17-9-11(2)3/h5-8,11H,4,9-10H2,1-3H3,(H,15,16). The summed E-state index contributed by atoms with van der Waals surface area (Å²) in [6.45, 7) is 6.44. The highest BCUT2D eigenvalue weighted by Crippen LogP contribution is 2.12. The van der Waals surface area contributed by atoms with E-state index < -0.39 is 0 Å². The summed E-state index contributed by atoms with van der Waals surface area (Å²) in [6.07, 6.45) is 1.03. The molecule has 1 amide bonds. The second kappa shape index (κ2) is 7.38. The van der Waals surface area contributed by atoms with Crippen LogP contribution in [0.15, 0.2) is 24.3 Å². The van der Waals surface area contributed by atoms with E-state index in [1.54, 1.807) is 11.8 Å². The third kappa shape index (κ3) is 5.78. The molecule has 94 valence electrons. The summed E-state index contributed by atoms with van der Waals surface area (Å²) in [5.74, 6) is 2.28. The fraction of sp³-hybridized carbons (Fsp3) is 0.500. The Morgan fingerprint density at radius 3 is 2.47 bits per heavy atom. The van der Waals surface area contributed by atoms with Crippen LogP contribution in [0.2, 0.25) is 0 Å². The quantitative estimate of drug-likeness (QED) is 0.837. The molecule has 17 heavy (non-hydrogen) atoms. The lowest BCUT2D eigenvalue weighted by molar-refractivity contribution is -0.113. The smallest absolute Gasteiger partial charge is 0.234 e. The first-order chi connectivity index (χ1) is 8.11. The van der Waals surface area contributed by atoms with Crippen molar-refractivity contribution in [1.82, 2.24) is 0 Å². The number of aryl methyl sites for hydroxylation is 1. The van der Waals surface area contributed by atoms with Crippen molar-refractivity contribution in [3.8, 4) is 0 Å². The van der Waals surface area contributed by atoms with Crippen molar-refractivity contribution in [2.45, 2.75) is 27.2 Å². The van der Waals surface area contributed by atoms with Crippen molar-refractivity contribution in [3.63, 3.8) is 0 Å². The summed E-state index contributed by atoms with van der Waals surface area (Å²) >= 11 is 1.68. The van der Waals surface area contributed by atoms with E-state index in [4.69, 9.17) is 0 Å². The molecule has 1 aromatic rings. The Labute approximate surface area is 108 Å². The number of rotatable bonds is 6. The predicted molar refractivity (Wildman–Crippen MR) is 76.6 cm³/mol. The van der Waals surface area contributed by atoms with Crippen LogP contribution in [0.25, 0.3) is 0 Å². The van der Waals surface area contributed by atoms with Gasteiger partial charge in [0.2, 0.25) is 5.91 Å². The molecule has 3 heteroatoms. The summed E-state index contributed by atoms with van der Waals surface area (Å²) < 4.78 is 0. The predicted octanol–water partition coefficient (Wildman–Crippen LogP) is 3.58. The Bertz CT molecular complexity index is 346. The molecule has 0 aliphatic heterocycles. The Kier molecular flexibility index (Phi) is 6.12. The van der Waals surface area contributed by atoms with E-state index in [1.165, 1.54) is 5.56 Å². The molecule has 0 heterocycles. The molecule has 1 N–H and O–H groups in total. The molecule has 1 rings (SSSR count). The molecule has 0 aliphatic carbocycles. The zero-order valence-electron chi connectivity index (χ0n) is 10.8. The van der Waals surface area contributed by atoms with Crippen molar-refractivity contribution in [2.24, 2.45) is 5.92 Å². The normalized spacial score (nSPS) is 10.6. The van der Waals surface area contributed by atoms with Crippen LogP contribution < -0.4 is 5.32 Å². The highest BCUT2D eigenvalue weighted by Gasteiger charge is 2.03. The number of hydrogen-bond donors (Lipinski definition) is 1. The van der Waals surface area contributed by atoms with E-state index in [-0.39, 0.29) is 5.91 Å². The lowest BCUT2D eigenvalue weighted by atomic mass is 10.1. The Morgan fingerprint density at radius 1 is 1.29 bits per heavy atom. The molecule has 0 aromatic heterocycles. The van der Waals surface area contributed by atoms with E-state index in [1.807, 2.05) is 12.1 Å². The van der Waals surface area contributed by atoms with Gasteiger partial charge < -0.3 is 5.32 Å². The summed E-state index contributed by atoms with van der Waals surface area (Å²) in [5.41, 5.74) is 2.18. The lowest BCUT2D eigenvalue weighted by Gasteiger charge is -2.07. The van der Waals surface area contributed by atoms with Gasteiger partial charge in [-0.3, -0.25) is 4.79 Å². The number of carbonyl (C=O) groups is 1. The van der Waals surface area contributed by atoms with E-state index >= 15 is 0 Å². The van der Waals surface area contributed by atoms with Crippen LogP contribution in [-0.2, 0) is 11.2 Å². The molecule has 0 spiro atoms. The molecular formula is C14H21NOS. The zero-order valence-corrected chi connectivity index (χ0v) is 11.6. The zero-order chi connectivity index (χ0) is 12.7. The van der Waals surface area contributed by atoms with Gasteiger partial charge in [-0.15, -0.1) is 0 Å². The number of carbonyl (C=O) groups excluding carboxylic acids is 1. The average Bonchev–Trinajstić information content (AvgIpc) is 2.29. The molecule has 1 aromatic carbocycles. The Morgan fingerprint density at radius 2 is 1.94 bits per heavy atom. The van der Waals surface area contributed by atoms with E-state index in [9.17, 15) is 4.79 Å². The van der Waals surface area contributed by atoms with Gasteiger partial charge in [0, 0.05) is 5.69 Å². The number of thioether (sulfide) groups is 1. The SMILES string of the molecule is CCc1ccc(NC(=O)CSCC(C)C)cc1. The summed E-state index contributed by atoms with van der Waals surface area (Å²) in [6, 6.07) is 8.03. The molecule has 0 saturated heterocycles. The topological polar surface area (TPSA) is 29.1 Å². The maximum absolute atomic E-state index is 11.6. The monoisotopic (exact) mass is 251 g/mol. The van der Waals surface area contributed by atoms with Crippen molar-refractivity contribution < 1.29 is 4.79 Å². The fourth-order valence-electron chi connectivity index (χ4n) is 1.41. The van der Waals surface area contributed by atoms with Crippen molar-refractivity contribution >= 4 is 23.4 Å². The van der Waals surface area contributed by atoms with Gasteiger partial charge in [-0.25, -0.2) is 0 Å². The van der Waals surface area contributed by atoms with Crippen LogP contribution in [-0.4, -0.2) is 17.4 Å². The van der Waals surface area contributed by atoms with Gasteiger partial charge in [-0.05, 0) is 35.8 Å². The second-order valence-corrected chi connectivity index (χ2v) is 5.54. The van der Waals surface area contributed by atoms with Crippen molar-refractivity contribution in [3.05, 3.63) is 29.8 Å². The number of hydrogen-bond acceptors (Lipinski definition) is 2. The minimum atomic E-state index is 0.0832. The molecular weight excluding hydrogens is 230 g/mol. The van der Waals surface area contributed by atoms with E-state index in [2.05, 4.69) is 38.2 Å². The number of anilines is 1. The van der Waals surface area contributed by atoms with Gasteiger partial charge in [0.1, 0.15) is 0 Å². The summed E-state index contributed by atoms with van der Waals surface area (Å²) in [7, 11) is 0. The Hall–Kier alpha value is -0.960. The van der Waals surface area contributed by atoms with E-state index in [0.29, 0.717) is 11.7 Å². The van der Waals surface area contributed by atoms with Gasteiger partial charge in [-0.2, -0.15) is 11.8 Å². The maximum atomic E-state index is 11.6. The largest absolute Gasteiger partial charge is 0.325 e. The fourth-order valence-corrected chi connectivity index (χ4v) is 2.25. The van der Waals surface area contributed by atoms with Crippen LogP contribution in [0.5, 0.6) is 0 Å². The van der Waals surface area contributed by atoms with Crippen LogP contribution in [0, 0.1) is 5.92 Å². The molecule has 0 fully saturated rings. The Balaban J connectivity index is 2.34. The van der Waals surface area contributed by atoms with Gasteiger partial charge in [0.05, 0.1) is 5.75 Å². The van der Waals surface area contributed by atoms with Crippen molar-refractivity contribution in [1.29, 1.82) is 0 Å². The average molecular weight is 251 g/mol. The number of benzene rings is 1. The first-order valence-electron chi connectivity index (χ1n) is 6.08. The number of amides is 1. The number of nitrogens with one attached hydrogen (secondary N) is 1. The van der Waals surface area contributed by atoms with E-state index in [0.717, 1.165) is 17.9 Å². The molecule has 0 atom stereocenters. The third-order valence-electron chi connectivity index (χ3n) is 2.33. The maximum Gasteiger partial charge on any atom is 0.234 e. The minimum Gasteiger partial charge on any atom is -0.325 e. The van der Waals surface area contributed by atoms with Gasteiger partial charge >= 0.3 is 0 Å². The highest BCUT2D eigenvalue weighted by molar-refractivity contribution is 7.99. The van der Waals surface area contributed by atoms with Gasteiger partial charge in [-0.1, -0.05) is 32.9 Å². The van der Waals surface area contributed by atoms with Crippen LogP contribution in [0.4, 0.5) is 5.69 Å². The van der Waals surface area contributed by atoms with Gasteiger partial charge in [0.25, 0.3) is 0 Å². The lowest BCUT2D eigenvalue weighted by Crippen LogP contribution is -2.14. The molecule has 0 aliphatic rings. The van der Waals surface area contributed by atoms with Crippen LogP contribution >= 0.6 is 11.8 Å². The summed E-state index contributed by atoms with van der Waals surface area (Å²) in [5, 5.41) is 2.91. The van der Waals surface area contributed by atoms with Crippen LogP contribution in [0.1, 0.15) is 26.3 Å². The second-order valence-electron chi connectivity index (χ2n) is 4.51. The molecule has 0 saturated carbocycles.